The van der Waals surface area contributed by atoms with E-state index < -0.39 is 0 Å². The Labute approximate surface area is 187 Å². The van der Waals surface area contributed by atoms with Gasteiger partial charge in [-0.15, -0.1) is 0 Å². The molecule has 6 heteroatoms. The Hall–Kier alpha value is -3.80. The number of nitrogens with one attached hydrogen (secondary N) is 1. The van der Waals surface area contributed by atoms with Crippen LogP contribution in [-0.2, 0) is 13.1 Å². The van der Waals surface area contributed by atoms with Gasteiger partial charge < -0.3 is 19.4 Å². The average molecular weight is 430 g/mol. The first kappa shape index (κ1) is 21.4. The fourth-order valence-electron chi connectivity index (χ4n) is 3.72. The van der Waals surface area contributed by atoms with Crippen molar-refractivity contribution >= 4 is 16.9 Å². The van der Waals surface area contributed by atoms with Crippen LogP contribution in [0.25, 0.3) is 11.0 Å². The van der Waals surface area contributed by atoms with Crippen LogP contribution in [0.3, 0.4) is 0 Å². The second-order valence-electron chi connectivity index (χ2n) is 7.52. The zero-order valence-electron chi connectivity index (χ0n) is 18.4. The van der Waals surface area contributed by atoms with Crippen LogP contribution in [0.4, 0.5) is 0 Å². The van der Waals surface area contributed by atoms with Gasteiger partial charge in [0, 0.05) is 6.54 Å². The molecule has 1 amide bonds. The molecule has 0 saturated carbocycles. The number of carbonyl (C=O) groups excluding carboxylic acids is 1. The average Bonchev–Trinajstić information content (AvgIpc) is 3.18. The van der Waals surface area contributed by atoms with Gasteiger partial charge in [-0.1, -0.05) is 42.5 Å². The number of hydrogen-bond donors (Lipinski definition) is 1. The molecule has 0 aliphatic rings. The summed E-state index contributed by atoms with van der Waals surface area (Å²) in [4.78, 5) is 17.5. The number of fused-ring (bicyclic) bond motifs is 1. The van der Waals surface area contributed by atoms with E-state index in [1.54, 1.807) is 19.2 Å². The maximum atomic E-state index is 12.7. The van der Waals surface area contributed by atoms with Crippen molar-refractivity contribution in [3.8, 4) is 11.5 Å². The topological polar surface area (TPSA) is 65.4 Å². The lowest BCUT2D eigenvalue weighted by atomic mass is 10.2. The van der Waals surface area contributed by atoms with Crippen LogP contribution >= 0.6 is 0 Å². The minimum Gasteiger partial charge on any atom is -0.496 e. The molecule has 1 aromatic heterocycles. The third-order valence-electron chi connectivity index (χ3n) is 5.37. The van der Waals surface area contributed by atoms with Crippen molar-refractivity contribution in [2.45, 2.75) is 26.4 Å². The van der Waals surface area contributed by atoms with Crippen molar-refractivity contribution in [3.63, 3.8) is 0 Å². The number of nitrogens with zero attached hydrogens (tertiary/aromatic N) is 2. The van der Waals surface area contributed by atoms with Gasteiger partial charge in [0.05, 0.1) is 36.9 Å². The maximum Gasteiger partial charge on any atom is 0.255 e. The van der Waals surface area contributed by atoms with Crippen LogP contribution in [0.5, 0.6) is 11.5 Å². The molecule has 0 radical (unpaired) electrons. The highest BCUT2D eigenvalue weighted by Crippen LogP contribution is 2.20. The highest BCUT2D eigenvalue weighted by Gasteiger charge is 2.14. The van der Waals surface area contributed by atoms with Gasteiger partial charge in [0.25, 0.3) is 5.91 Å². The van der Waals surface area contributed by atoms with Crippen LogP contribution in [0.15, 0.2) is 72.8 Å². The summed E-state index contributed by atoms with van der Waals surface area (Å²) in [6.07, 6.45) is 0.822. The molecule has 164 valence electrons. The number of amides is 1. The number of para-hydroxylation sites is 4. The molecule has 6 nitrogen and oxygen atoms in total. The van der Waals surface area contributed by atoms with Crippen molar-refractivity contribution in [1.29, 1.82) is 0 Å². The predicted octanol–water partition coefficient (Wildman–Crippen LogP) is 4.75. The third kappa shape index (κ3) is 4.75. The summed E-state index contributed by atoms with van der Waals surface area (Å²) in [5.41, 5.74) is 3.59. The van der Waals surface area contributed by atoms with E-state index in [4.69, 9.17) is 14.5 Å². The molecule has 4 rings (SSSR count). The van der Waals surface area contributed by atoms with Gasteiger partial charge in [0.1, 0.15) is 17.3 Å². The predicted molar refractivity (Wildman–Crippen MR) is 125 cm³/mol. The summed E-state index contributed by atoms with van der Waals surface area (Å²) in [6.45, 7) is 3.71. The largest absolute Gasteiger partial charge is 0.496 e. The van der Waals surface area contributed by atoms with Gasteiger partial charge in [0.15, 0.2) is 0 Å². The van der Waals surface area contributed by atoms with E-state index in [9.17, 15) is 4.79 Å². The van der Waals surface area contributed by atoms with Crippen molar-refractivity contribution in [2.24, 2.45) is 0 Å². The molecular weight excluding hydrogens is 402 g/mol. The maximum absolute atomic E-state index is 12.7. The highest BCUT2D eigenvalue weighted by molar-refractivity contribution is 5.96. The summed E-state index contributed by atoms with van der Waals surface area (Å²) in [6, 6.07) is 23.2. The first-order valence-electron chi connectivity index (χ1n) is 10.7. The lowest BCUT2D eigenvalue weighted by Gasteiger charge is -2.13. The highest BCUT2D eigenvalue weighted by atomic mass is 16.5. The third-order valence-corrected chi connectivity index (χ3v) is 5.37. The molecule has 0 atom stereocenters. The van der Waals surface area contributed by atoms with Gasteiger partial charge >= 0.3 is 0 Å². The Bertz CT molecular complexity index is 1220. The first-order valence-corrected chi connectivity index (χ1v) is 10.7. The van der Waals surface area contributed by atoms with E-state index in [2.05, 4.69) is 16.0 Å². The van der Waals surface area contributed by atoms with Crippen LogP contribution < -0.4 is 14.8 Å². The van der Waals surface area contributed by atoms with E-state index >= 15 is 0 Å². The molecule has 1 N–H and O–H groups in total. The standard InChI is InChI=1S/C26H27N3O3/c1-19-10-3-7-14-23(19)32-17-9-16-29-22-13-6-5-12-21(22)28-25(29)18-27-26(30)20-11-4-8-15-24(20)31-2/h3-8,10-15H,9,16-18H2,1-2H3,(H,27,30). The Balaban J connectivity index is 1.45. The van der Waals surface area contributed by atoms with Crippen LogP contribution in [0.1, 0.15) is 28.2 Å². The molecule has 4 aromatic rings. The molecule has 0 bridgehead atoms. The number of carbonyl (C=O) groups is 1. The second kappa shape index (κ2) is 10.0. The second-order valence-corrected chi connectivity index (χ2v) is 7.52. The number of methoxy groups -OCH3 is 1. The fourth-order valence-corrected chi connectivity index (χ4v) is 3.72. The Morgan fingerprint density at radius 1 is 0.969 bits per heavy atom. The lowest BCUT2D eigenvalue weighted by molar-refractivity contribution is 0.0946. The molecule has 0 fully saturated rings. The minimum absolute atomic E-state index is 0.191. The molecule has 0 unspecified atom stereocenters. The summed E-state index contributed by atoms with van der Waals surface area (Å²) < 4.78 is 13.4. The van der Waals surface area contributed by atoms with Crippen molar-refractivity contribution < 1.29 is 14.3 Å². The van der Waals surface area contributed by atoms with E-state index in [0.717, 1.165) is 41.1 Å². The van der Waals surface area contributed by atoms with Crippen LogP contribution in [-0.4, -0.2) is 29.2 Å². The minimum atomic E-state index is -0.191. The fraction of sp³-hybridized carbons (Fsp3) is 0.231. The van der Waals surface area contributed by atoms with E-state index in [-0.39, 0.29) is 5.91 Å². The Kier molecular flexibility index (Phi) is 6.70. The normalized spacial score (nSPS) is 10.8. The summed E-state index contributed by atoms with van der Waals surface area (Å²) >= 11 is 0. The van der Waals surface area contributed by atoms with Gasteiger partial charge in [-0.2, -0.15) is 0 Å². The molecule has 0 spiro atoms. The zero-order chi connectivity index (χ0) is 22.3. The molecule has 3 aromatic carbocycles. The Morgan fingerprint density at radius 2 is 1.69 bits per heavy atom. The van der Waals surface area contributed by atoms with Gasteiger partial charge in [-0.05, 0) is 49.2 Å². The molecular formula is C26H27N3O3. The lowest BCUT2D eigenvalue weighted by Crippen LogP contribution is -2.25. The summed E-state index contributed by atoms with van der Waals surface area (Å²) in [7, 11) is 1.56. The number of benzene rings is 3. The number of ether oxygens (including phenoxy) is 2. The smallest absolute Gasteiger partial charge is 0.255 e. The summed E-state index contributed by atoms with van der Waals surface area (Å²) in [5, 5.41) is 2.98. The van der Waals surface area contributed by atoms with E-state index in [1.807, 2.05) is 61.5 Å². The number of imidazole rings is 1. The number of rotatable bonds is 9. The first-order chi connectivity index (χ1) is 15.7. The Morgan fingerprint density at radius 3 is 2.50 bits per heavy atom. The SMILES string of the molecule is COc1ccccc1C(=O)NCc1nc2ccccc2n1CCCOc1ccccc1C. The number of hydrogen-bond acceptors (Lipinski definition) is 4. The van der Waals surface area contributed by atoms with E-state index in [1.165, 1.54) is 0 Å². The van der Waals surface area contributed by atoms with Crippen molar-refractivity contribution in [1.82, 2.24) is 14.9 Å². The van der Waals surface area contributed by atoms with Crippen LogP contribution in [0.2, 0.25) is 0 Å². The molecule has 0 aliphatic carbocycles. The molecule has 0 aliphatic heterocycles. The zero-order valence-corrected chi connectivity index (χ0v) is 18.4. The van der Waals surface area contributed by atoms with E-state index in [0.29, 0.717) is 24.5 Å². The molecule has 32 heavy (non-hydrogen) atoms. The number of aryl methyl sites for hydroxylation is 2. The monoisotopic (exact) mass is 429 g/mol. The van der Waals surface area contributed by atoms with Crippen LogP contribution in [0, 0.1) is 6.92 Å². The molecule has 1 heterocycles. The number of aromatic nitrogens is 2. The van der Waals surface area contributed by atoms with Gasteiger partial charge in [-0.25, -0.2) is 4.98 Å². The van der Waals surface area contributed by atoms with Gasteiger partial charge in [-0.3, -0.25) is 4.79 Å². The quantitative estimate of drug-likeness (QED) is 0.390. The van der Waals surface area contributed by atoms with Crippen molar-refractivity contribution in [2.75, 3.05) is 13.7 Å². The van der Waals surface area contributed by atoms with Gasteiger partial charge in [0.2, 0.25) is 0 Å². The summed E-state index contributed by atoms with van der Waals surface area (Å²) in [5.74, 6) is 2.08. The molecule has 0 saturated heterocycles. The van der Waals surface area contributed by atoms with Crippen molar-refractivity contribution in [3.05, 3.63) is 89.7 Å².